The van der Waals surface area contributed by atoms with Crippen molar-refractivity contribution in [3.05, 3.63) is 42.1 Å². The van der Waals surface area contributed by atoms with E-state index in [1.807, 2.05) is 24.4 Å². The highest BCUT2D eigenvalue weighted by atomic mass is 16.2. The third-order valence-corrected chi connectivity index (χ3v) is 6.46. The number of carbonyl (C=O) groups is 1. The number of aromatic nitrogens is 3. The van der Waals surface area contributed by atoms with Crippen LogP contribution in [0, 0.1) is 0 Å². The molecule has 1 amide bonds. The van der Waals surface area contributed by atoms with E-state index in [9.17, 15) is 4.79 Å². The van der Waals surface area contributed by atoms with Gasteiger partial charge < -0.3 is 20.1 Å². The van der Waals surface area contributed by atoms with Crippen LogP contribution in [0.5, 0.6) is 0 Å². The SMILES string of the molecule is O=C1Nc2cc(CN3CCN(c4nc5ccccc5[nH]4)CC3)cnc2N2CCCC12. The Morgan fingerprint density at radius 2 is 1.97 bits per heavy atom. The summed E-state index contributed by atoms with van der Waals surface area (Å²) >= 11 is 0. The number of piperazine rings is 1. The quantitative estimate of drug-likeness (QED) is 0.698. The number of rotatable bonds is 3. The Morgan fingerprint density at radius 1 is 1.10 bits per heavy atom. The predicted octanol–water partition coefficient (Wildman–Crippen LogP) is 2.20. The smallest absolute Gasteiger partial charge is 0.247 e. The zero-order chi connectivity index (χ0) is 20.1. The lowest BCUT2D eigenvalue weighted by molar-refractivity contribution is -0.117. The average Bonchev–Trinajstić information content (AvgIpc) is 3.42. The van der Waals surface area contributed by atoms with Crippen molar-refractivity contribution in [2.24, 2.45) is 0 Å². The summed E-state index contributed by atoms with van der Waals surface area (Å²) in [7, 11) is 0. The van der Waals surface area contributed by atoms with E-state index in [0.717, 1.165) is 86.2 Å². The molecule has 8 nitrogen and oxygen atoms in total. The number of amides is 1. The highest BCUT2D eigenvalue weighted by Crippen LogP contribution is 2.35. The molecule has 6 rings (SSSR count). The van der Waals surface area contributed by atoms with Crippen LogP contribution in [0.1, 0.15) is 18.4 Å². The van der Waals surface area contributed by atoms with Gasteiger partial charge in [-0.25, -0.2) is 9.97 Å². The Balaban J connectivity index is 1.12. The number of carbonyl (C=O) groups excluding carboxylic acids is 1. The van der Waals surface area contributed by atoms with Gasteiger partial charge in [0.25, 0.3) is 0 Å². The number of nitrogens with one attached hydrogen (secondary N) is 2. The first-order valence-electron chi connectivity index (χ1n) is 10.7. The molecule has 3 aromatic rings. The fraction of sp³-hybridized carbons (Fsp3) is 0.409. The maximum absolute atomic E-state index is 12.4. The predicted molar refractivity (Wildman–Crippen MR) is 117 cm³/mol. The summed E-state index contributed by atoms with van der Waals surface area (Å²) in [4.78, 5) is 32.1. The van der Waals surface area contributed by atoms with E-state index in [1.165, 1.54) is 0 Å². The summed E-state index contributed by atoms with van der Waals surface area (Å²) in [5, 5.41) is 3.07. The Labute approximate surface area is 174 Å². The van der Waals surface area contributed by atoms with Gasteiger partial charge in [0, 0.05) is 45.5 Å². The van der Waals surface area contributed by atoms with Crippen LogP contribution >= 0.6 is 0 Å². The summed E-state index contributed by atoms with van der Waals surface area (Å²) in [6.07, 6.45) is 3.94. The molecule has 2 N–H and O–H groups in total. The summed E-state index contributed by atoms with van der Waals surface area (Å²) in [6, 6.07) is 10.2. The van der Waals surface area contributed by atoms with Gasteiger partial charge in [-0.3, -0.25) is 9.69 Å². The van der Waals surface area contributed by atoms with Crippen molar-refractivity contribution in [1.82, 2.24) is 19.9 Å². The number of pyridine rings is 1. The highest BCUT2D eigenvalue weighted by Gasteiger charge is 2.37. The minimum Gasteiger partial charge on any atom is -0.343 e. The van der Waals surface area contributed by atoms with Crippen molar-refractivity contribution in [2.45, 2.75) is 25.4 Å². The molecule has 2 saturated heterocycles. The highest BCUT2D eigenvalue weighted by molar-refractivity contribution is 6.03. The first-order chi connectivity index (χ1) is 14.7. The van der Waals surface area contributed by atoms with Gasteiger partial charge >= 0.3 is 0 Å². The summed E-state index contributed by atoms with van der Waals surface area (Å²) in [5.41, 5.74) is 4.09. The standard InChI is InChI=1S/C22H25N7O/c30-21-19-6-3-7-29(19)20-18(24-21)12-15(13-23-20)14-27-8-10-28(11-9-27)22-25-16-4-1-2-5-17(16)26-22/h1-2,4-5,12-13,19H,3,6-11,14H2,(H,24,30)(H,25,26). The van der Waals surface area contributed by atoms with Crippen LogP contribution in [0.3, 0.4) is 0 Å². The Morgan fingerprint density at radius 3 is 2.83 bits per heavy atom. The number of H-pyrrole nitrogens is 1. The molecule has 1 aromatic carbocycles. The molecule has 3 aliphatic heterocycles. The van der Waals surface area contributed by atoms with E-state index >= 15 is 0 Å². The molecule has 1 unspecified atom stereocenters. The van der Waals surface area contributed by atoms with Crippen LogP contribution in [0.2, 0.25) is 0 Å². The Hall–Kier alpha value is -3.13. The molecule has 2 fully saturated rings. The number of anilines is 3. The summed E-state index contributed by atoms with van der Waals surface area (Å²) < 4.78 is 0. The summed E-state index contributed by atoms with van der Waals surface area (Å²) in [5.74, 6) is 1.99. The second-order valence-electron chi connectivity index (χ2n) is 8.40. The van der Waals surface area contributed by atoms with Gasteiger partial charge in [-0.2, -0.15) is 0 Å². The average molecular weight is 403 g/mol. The van der Waals surface area contributed by atoms with Crippen LogP contribution in [0.4, 0.5) is 17.5 Å². The van der Waals surface area contributed by atoms with Crippen molar-refractivity contribution in [2.75, 3.05) is 47.8 Å². The van der Waals surface area contributed by atoms with E-state index in [0.29, 0.717) is 0 Å². The van der Waals surface area contributed by atoms with Gasteiger partial charge in [-0.15, -0.1) is 0 Å². The lowest BCUT2D eigenvalue weighted by atomic mass is 10.1. The fourth-order valence-corrected chi connectivity index (χ4v) is 4.88. The van der Waals surface area contributed by atoms with Crippen LogP contribution in [0.25, 0.3) is 11.0 Å². The molecule has 5 heterocycles. The molecule has 8 heteroatoms. The maximum Gasteiger partial charge on any atom is 0.247 e. The van der Waals surface area contributed by atoms with Crippen molar-refractivity contribution in [1.29, 1.82) is 0 Å². The van der Waals surface area contributed by atoms with E-state index in [-0.39, 0.29) is 11.9 Å². The summed E-state index contributed by atoms with van der Waals surface area (Å²) in [6.45, 7) is 5.56. The lowest BCUT2D eigenvalue weighted by Crippen LogP contribution is -2.46. The van der Waals surface area contributed by atoms with Crippen LogP contribution in [0.15, 0.2) is 36.5 Å². The molecule has 3 aliphatic rings. The second-order valence-corrected chi connectivity index (χ2v) is 8.40. The van der Waals surface area contributed by atoms with Crippen LogP contribution < -0.4 is 15.1 Å². The van der Waals surface area contributed by atoms with Crippen molar-refractivity contribution >= 4 is 34.4 Å². The van der Waals surface area contributed by atoms with Crippen molar-refractivity contribution < 1.29 is 4.79 Å². The molecule has 0 saturated carbocycles. The third kappa shape index (κ3) is 2.99. The second kappa shape index (κ2) is 6.98. The number of nitrogens with zero attached hydrogens (tertiary/aromatic N) is 5. The Bertz CT molecular complexity index is 1070. The van der Waals surface area contributed by atoms with Gasteiger partial charge in [0.15, 0.2) is 5.82 Å². The molecular weight excluding hydrogens is 378 g/mol. The largest absolute Gasteiger partial charge is 0.343 e. The van der Waals surface area contributed by atoms with Gasteiger partial charge in [0.2, 0.25) is 11.9 Å². The number of hydrogen-bond donors (Lipinski definition) is 2. The monoisotopic (exact) mass is 403 g/mol. The third-order valence-electron chi connectivity index (χ3n) is 6.46. The van der Waals surface area contributed by atoms with Crippen molar-refractivity contribution in [3.8, 4) is 0 Å². The zero-order valence-corrected chi connectivity index (χ0v) is 16.8. The zero-order valence-electron chi connectivity index (χ0n) is 16.8. The van der Waals surface area contributed by atoms with Gasteiger partial charge in [-0.05, 0) is 36.6 Å². The van der Waals surface area contributed by atoms with E-state index in [1.54, 1.807) is 0 Å². The molecular formula is C22H25N7O. The van der Waals surface area contributed by atoms with Crippen LogP contribution in [-0.4, -0.2) is 64.5 Å². The molecule has 0 radical (unpaired) electrons. The maximum atomic E-state index is 12.4. The molecule has 30 heavy (non-hydrogen) atoms. The van der Waals surface area contributed by atoms with E-state index in [4.69, 9.17) is 9.97 Å². The number of fused-ring (bicyclic) bond motifs is 4. The fourth-order valence-electron chi connectivity index (χ4n) is 4.88. The molecule has 0 aliphatic carbocycles. The normalized spacial score (nSPS) is 21.6. The first-order valence-corrected chi connectivity index (χ1v) is 10.7. The minimum atomic E-state index is -0.0397. The van der Waals surface area contributed by atoms with Crippen molar-refractivity contribution in [3.63, 3.8) is 0 Å². The molecule has 1 atom stereocenters. The molecule has 0 spiro atoms. The number of benzene rings is 1. The molecule has 2 aromatic heterocycles. The van der Waals surface area contributed by atoms with E-state index < -0.39 is 0 Å². The van der Waals surface area contributed by atoms with Gasteiger partial charge in [0.1, 0.15) is 6.04 Å². The Kier molecular flexibility index (Phi) is 4.12. The number of hydrogen-bond acceptors (Lipinski definition) is 6. The first kappa shape index (κ1) is 17.7. The van der Waals surface area contributed by atoms with Gasteiger partial charge in [0.05, 0.1) is 16.7 Å². The minimum absolute atomic E-state index is 0.0397. The number of aromatic amines is 1. The molecule has 0 bridgehead atoms. The topological polar surface area (TPSA) is 80.4 Å². The van der Waals surface area contributed by atoms with Crippen LogP contribution in [-0.2, 0) is 11.3 Å². The van der Waals surface area contributed by atoms with E-state index in [2.05, 4.69) is 37.1 Å². The number of para-hydroxylation sites is 2. The lowest BCUT2D eigenvalue weighted by Gasteiger charge is -2.35. The van der Waals surface area contributed by atoms with Gasteiger partial charge in [-0.1, -0.05) is 12.1 Å². The molecule has 154 valence electrons. The number of imidazole rings is 1.